The van der Waals surface area contributed by atoms with E-state index in [0.717, 1.165) is 16.5 Å². The molecule has 1 heterocycles. The van der Waals surface area contributed by atoms with Crippen LogP contribution in [0.1, 0.15) is 5.56 Å². The SMILES string of the molecule is NC(Cc1c[nH]c2ccccc12)C(=O)O.[K+]. The van der Waals surface area contributed by atoms with Crippen LogP contribution in [0.5, 0.6) is 0 Å². The number of fused-ring (bicyclic) bond motifs is 1. The van der Waals surface area contributed by atoms with Crippen molar-refractivity contribution in [2.75, 3.05) is 0 Å². The zero-order valence-corrected chi connectivity index (χ0v) is 12.2. The molecule has 16 heavy (non-hydrogen) atoms. The first-order chi connectivity index (χ1) is 7.18. The summed E-state index contributed by atoms with van der Waals surface area (Å²) in [5.41, 5.74) is 7.43. The molecule has 4 nitrogen and oxygen atoms in total. The Morgan fingerprint density at radius 1 is 1.44 bits per heavy atom. The van der Waals surface area contributed by atoms with Gasteiger partial charge in [0.15, 0.2) is 0 Å². The van der Waals surface area contributed by atoms with Crippen LogP contribution >= 0.6 is 0 Å². The van der Waals surface area contributed by atoms with Crippen molar-refractivity contribution >= 4 is 16.9 Å². The van der Waals surface area contributed by atoms with Crippen LogP contribution in [-0.2, 0) is 11.2 Å². The molecule has 1 aromatic carbocycles. The Hall–Kier alpha value is -0.174. The van der Waals surface area contributed by atoms with Gasteiger partial charge >= 0.3 is 57.4 Å². The van der Waals surface area contributed by atoms with Crippen molar-refractivity contribution in [3.8, 4) is 0 Å². The average molecular weight is 243 g/mol. The Kier molecular flexibility index (Phi) is 5.16. The fourth-order valence-corrected chi connectivity index (χ4v) is 1.62. The molecule has 0 amide bonds. The van der Waals surface area contributed by atoms with E-state index in [0.29, 0.717) is 6.42 Å². The maximum atomic E-state index is 10.6. The number of rotatable bonds is 3. The maximum Gasteiger partial charge on any atom is 1.00 e. The summed E-state index contributed by atoms with van der Waals surface area (Å²) in [7, 11) is 0. The topological polar surface area (TPSA) is 79.1 Å². The Bertz CT molecular complexity index is 495. The molecule has 78 valence electrons. The Morgan fingerprint density at radius 3 is 2.81 bits per heavy atom. The molecule has 0 aliphatic carbocycles. The molecule has 2 rings (SSSR count). The van der Waals surface area contributed by atoms with Gasteiger partial charge in [0.2, 0.25) is 0 Å². The van der Waals surface area contributed by atoms with Gasteiger partial charge < -0.3 is 15.8 Å². The van der Waals surface area contributed by atoms with Gasteiger partial charge in [-0.1, -0.05) is 18.2 Å². The van der Waals surface area contributed by atoms with Gasteiger partial charge in [-0.25, -0.2) is 0 Å². The van der Waals surface area contributed by atoms with Crippen LogP contribution in [0.4, 0.5) is 0 Å². The summed E-state index contributed by atoms with van der Waals surface area (Å²) in [5.74, 6) is -0.972. The van der Waals surface area contributed by atoms with E-state index in [1.807, 2.05) is 30.5 Å². The van der Waals surface area contributed by atoms with Crippen molar-refractivity contribution in [2.45, 2.75) is 12.5 Å². The van der Waals surface area contributed by atoms with Crippen LogP contribution in [0.2, 0.25) is 0 Å². The minimum atomic E-state index is -0.972. The first-order valence-electron chi connectivity index (χ1n) is 4.72. The smallest absolute Gasteiger partial charge is 0.480 e. The van der Waals surface area contributed by atoms with Crippen LogP contribution < -0.4 is 57.1 Å². The zero-order valence-electron chi connectivity index (χ0n) is 9.10. The predicted molar refractivity (Wildman–Crippen MR) is 57.6 cm³/mol. The molecule has 0 fully saturated rings. The number of para-hydroxylation sites is 1. The third-order valence-corrected chi connectivity index (χ3v) is 2.43. The van der Waals surface area contributed by atoms with E-state index in [2.05, 4.69) is 4.98 Å². The summed E-state index contributed by atoms with van der Waals surface area (Å²) in [4.78, 5) is 13.7. The number of benzene rings is 1. The first-order valence-corrected chi connectivity index (χ1v) is 4.72. The second-order valence-electron chi connectivity index (χ2n) is 3.51. The number of aromatic amines is 1. The number of aliphatic carboxylic acids is 1. The largest absolute Gasteiger partial charge is 1.00 e. The standard InChI is InChI=1S/C11H12N2O2.K/c12-9(11(14)15)5-7-6-13-10-4-2-1-3-8(7)10;/h1-4,6,9,13H,5,12H2,(H,14,15);/q;+1. The summed E-state index contributed by atoms with van der Waals surface area (Å²) < 4.78 is 0. The molecule has 1 aromatic heterocycles. The molecule has 1 atom stereocenters. The van der Waals surface area contributed by atoms with Gasteiger partial charge in [-0.2, -0.15) is 0 Å². The number of carboxylic acids is 1. The van der Waals surface area contributed by atoms with E-state index in [1.165, 1.54) is 0 Å². The minimum absolute atomic E-state index is 0. The average Bonchev–Trinajstić information content (AvgIpc) is 2.62. The summed E-state index contributed by atoms with van der Waals surface area (Å²) in [6.07, 6.45) is 2.16. The molecule has 1 unspecified atom stereocenters. The van der Waals surface area contributed by atoms with Gasteiger partial charge in [-0.3, -0.25) is 4.79 Å². The molecule has 2 aromatic rings. The molecule has 0 aliphatic heterocycles. The molecule has 0 spiro atoms. The Labute approximate surface area is 136 Å². The van der Waals surface area contributed by atoms with E-state index in [-0.39, 0.29) is 51.4 Å². The van der Waals surface area contributed by atoms with Crippen LogP contribution in [0.15, 0.2) is 30.5 Å². The quantitative estimate of drug-likeness (QED) is 0.552. The number of aromatic nitrogens is 1. The van der Waals surface area contributed by atoms with Gasteiger partial charge in [-0.15, -0.1) is 0 Å². The molecular formula is C11H12KN2O2+. The third-order valence-electron chi connectivity index (χ3n) is 2.43. The van der Waals surface area contributed by atoms with E-state index in [1.54, 1.807) is 0 Å². The minimum Gasteiger partial charge on any atom is -0.480 e. The summed E-state index contributed by atoms with van der Waals surface area (Å²) in [6.45, 7) is 0. The van der Waals surface area contributed by atoms with Gasteiger partial charge in [0, 0.05) is 23.5 Å². The molecule has 5 heteroatoms. The van der Waals surface area contributed by atoms with E-state index in [9.17, 15) is 4.79 Å². The predicted octanol–water partition coefficient (Wildman–Crippen LogP) is -1.87. The molecular weight excluding hydrogens is 231 g/mol. The molecule has 0 saturated heterocycles. The second kappa shape index (κ2) is 5.95. The van der Waals surface area contributed by atoms with Crippen LogP contribution in [-0.4, -0.2) is 22.1 Å². The summed E-state index contributed by atoms with van der Waals surface area (Å²) >= 11 is 0. The molecule has 4 N–H and O–H groups in total. The number of carboxylic acid groups (broad SMARTS) is 1. The second-order valence-corrected chi connectivity index (χ2v) is 3.51. The van der Waals surface area contributed by atoms with Gasteiger partial charge in [-0.05, 0) is 11.6 Å². The number of H-pyrrole nitrogens is 1. The first kappa shape index (κ1) is 13.9. The van der Waals surface area contributed by atoms with Crippen molar-refractivity contribution < 1.29 is 61.3 Å². The van der Waals surface area contributed by atoms with Crippen LogP contribution in [0.25, 0.3) is 10.9 Å². The van der Waals surface area contributed by atoms with Crippen molar-refractivity contribution in [2.24, 2.45) is 5.73 Å². The van der Waals surface area contributed by atoms with Gasteiger partial charge in [0.25, 0.3) is 0 Å². The number of carbonyl (C=O) groups is 1. The van der Waals surface area contributed by atoms with Crippen molar-refractivity contribution in [3.05, 3.63) is 36.0 Å². The molecule has 0 bridgehead atoms. The maximum absolute atomic E-state index is 10.6. The molecule has 0 radical (unpaired) electrons. The van der Waals surface area contributed by atoms with E-state index in [4.69, 9.17) is 10.8 Å². The van der Waals surface area contributed by atoms with E-state index < -0.39 is 12.0 Å². The van der Waals surface area contributed by atoms with Crippen LogP contribution in [0, 0.1) is 0 Å². The fraction of sp³-hybridized carbons (Fsp3) is 0.182. The monoisotopic (exact) mass is 243 g/mol. The molecule has 0 aliphatic rings. The third kappa shape index (κ3) is 2.94. The fourth-order valence-electron chi connectivity index (χ4n) is 1.62. The zero-order chi connectivity index (χ0) is 10.8. The summed E-state index contributed by atoms with van der Waals surface area (Å²) in [6, 6.07) is 6.91. The van der Waals surface area contributed by atoms with Gasteiger partial charge in [0.1, 0.15) is 6.04 Å². The molecule has 0 saturated carbocycles. The van der Waals surface area contributed by atoms with Gasteiger partial charge in [0.05, 0.1) is 0 Å². The Balaban J connectivity index is 0.00000128. The van der Waals surface area contributed by atoms with Crippen molar-refractivity contribution in [1.29, 1.82) is 0 Å². The Morgan fingerprint density at radius 2 is 2.12 bits per heavy atom. The summed E-state index contributed by atoms with van der Waals surface area (Å²) in [5, 5.41) is 9.75. The van der Waals surface area contributed by atoms with Crippen LogP contribution in [0.3, 0.4) is 0 Å². The van der Waals surface area contributed by atoms with E-state index >= 15 is 0 Å². The number of hydrogen-bond donors (Lipinski definition) is 3. The number of nitrogens with one attached hydrogen (secondary N) is 1. The number of nitrogens with two attached hydrogens (primary N) is 1. The van der Waals surface area contributed by atoms with Crippen molar-refractivity contribution in [3.63, 3.8) is 0 Å². The van der Waals surface area contributed by atoms with Crippen molar-refractivity contribution in [1.82, 2.24) is 4.98 Å². The number of hydrogen-bond acceptors (Lipinski definition) is 2. The normalized spacial score (nSPS) is 12.1.